The van der Waals surface area contributed by atoms with E-state index in [0.29, 0.717) is 50.7 Å². The largest absolute Gasteiger partial charge is 0.457 e. The summed E-state index contributed by atoms with van der Waals surface area (Å²) in [4.78, 5) is 39.5. The van der Waals surface area contributed by atoms with Crippen LogP contribution in [0.5, 0.6) is 11.5 Å². The van der Waals surface area contributed by atoms with Crippen LogP contribution >= 0.6 is 22.9 Å². The van der Waals surface area contributed by atoms with Crippen LogP contribution in [0.25, 0.3) is 11.0 Å². The number of carbonyl (C=O) groups excluding carboxylic acids is 2. The summed E-state index contributed by atoms with van der Waals surface area (Å²) in [7, 11) is 1.53. The van der Waals surface area contributed by atoms with E-state index in [1.54, 1.807) is 42.5 Å². The van der Waals surface area contributed by atoms with Gasteiger partial charge in [0, 0.05) is 31.1 Å². The summed E-state index contributed by atoms with van der Waals surface area (Å²) in [6.07, 6.45) is 2.65. The van der Waals surface area contributed by atoms with Crippen molar-refractivity contribution in [1.29, 1.82) is 0 Å². The lowest BCUT2D eigenvalue weighted by atomic mass is 10.2. The fourth-order valence-corrected chi connectivity index (χ4v) is 4.05. The molecule has 0 spiro atoms. The fraction of sp³-hybridized carbons (Fsp3) is 0.0417. The Balaban J connectivity index is 1.32. The van der Waals surface area contributed by atoms with Gasteiger partial charge in [-0.15, -0.1) is 0 Å². The van der Waals surface area contributed by atoms with Gasteiger partial charge < -0.3 is 25.7 Å². The Morgan fingerprint density at radius 3 is 2.68 bits per heavy atom. The van der Waals surface area contributed by atoms with Crippen LogP contribution in [0, 0.1) is 5.26 Å². The molecule has 13 heteroatoms. The van der Waals surface area contributed by atoms with Gasteiger partial charge in [0.05, 0.1) is 27.9 Å². The topological polar surface area (TPSA) is 134 Å². The molecule has 0 unspecified atom stereocenters. The second kappa shape index (κ2) is 10.2. The first-order valence-electron chi connectivity index (χ1n) is 10.7. The minimum atomic E-state index is -0.695. The van der Waals surface area contributed by atoms with E-state index in [1.165, 1.54) is 13.2 Å². The molecular weight excluding hydrogens is 521 g/mol. The summed E-state index contributed by atoms with van der Waals surface area (Å²) in [5.41, 5.74) is 2.57. The lowest BCUT2D eigenvalue weighted by molar-refractivity contribution is 0.0957. The molecule has 3 aromatic heterocycles. The van der Waals surface area contributed by atoms with Crippen LogP contribution in [0.4, 0.5) is 21.7 Å². The monoisotopic (exact) mass is 537 g/mol. The molecule has 0 atom stereocenters. The SMILES string of the molecule is CNC(=O)c1cc(Oc2ccc3[nH]c(Nc4ccc(Cl)c(NC(=O)c5cnc(F)s5)c4)nc3c2)ccn1. The maximum Gasteiger partial charge on any atom is 0.269 e. The number of thiazole rings is 1. The molecule has 186 valence electrons. The first-order valence-corrected chi connectivity index (χ1v) is 11.9. The Bertz CT molecular complexity index is 1640. The van der Waals surface area contributed by atoms with Gasteiger partial charge >= 0.3 is 0 Å². The predicted octanol–water partition coefficient (Wildman–Crippen LogP) is 5.35. The van der Waals surface area contributed by atoms with Crippen molar-refractivity contribution in [2.75, 3.05) is 17.7 Å². The molecule has 2 amide bonds. The number of aromatic nitrogens is 4. The van der Waals surface area contributed by atoms with Gasteiger partial charge in [-0.3, -0.25) is 14.6 Å². The van der Waals surface area contributed by atoms with Crippen molar-refractivity contribution in [3.8, 4) is 11.5 Å². The molecule has 0 aliphatic carbocycles. The molecule has 0 saturated carbocycles. The third-order valence-corrected chi connectivity index (χ3v) is 6.17. The Morgan fingerprint density at radius 1 is 1.05 bits per heavy atom. The van der Waals surface area contributed by atoms with Crippen molar-refractivity contribution in [2.45, 2.75) is 0 Å². The molecule has 0 fully saturated rings. The van der Waals surface area contributed by atoms with Crippen LogP contribution in [0.15, 0.2) is 60.9 Å². The maximum absolute atomic E-state index is 13.1. The highest BCUT2D eigenvalue weighted by Crippen LogP contribution is 2.30. The molecule has 0 aliphatic rings. The summed E-state index contributed by atoms with van der Waals surface area (Å²) in [5.74, 6) is 0.593. The third kappa shape index (κ3) is 5.50. The van der Waals surface area contributed by atoms with E-state index < -0.39 is 11.2 Å². The van der Waals surface area contributed by atoms with Crippen LogP contribution in [-0.4, -0.2) is 38.8 Å². The lowest BCUT2D eigenvalue weighted by Crippen LogP contribution is -2.18. The Kier molecular flexibility index (Phi) is 6.66. The zero-order valence-electron chi connectivity index (χ0n) is 19.0. The van der Waals surface area contributed by atoms with Gasteiger partial charge in [-0.25, -0.2) is 9.97 Å². The third-order valence-electron chi connectivity index (χ3n) is 5.06. The minimum Gasteiger partial charge on any atom is -0.457 e. The zero-order chi connectivity index (χ0) is 25.9. The second-order valence-corrected chi connectivity index (χ2v) is 8.96. The van der Waals surface area contributed by atoms with Crippen LogP contribution in [-0.2, 0) is 0 Å². The molecular formula is C24H17ClFN7O3S. The summed E-state index contributed by atoms with van der Waals surface area (Å²) < 4.78 is 19.0. The van der Waals surface area contributed by atoms with Crippen molar-refractivity contribution >= 4 is 63.1 Å². The van der Waals surface area contributed by atoms with Crippen molar-refractivity contribution < 1.29 is 18.7 Å². The number of benzene rings is 2. The van der Waals surface area contributed by atoms with E-state index in [4.69, 9.17) is 16.3 Å². The molecule has 0 bridgehead atoms. The average molecular weight is 538 g/mol. The van der Waals surface area contributed by atoms with Gasteiger partial charge in [0.1, 0.15) is 22.1 Å². The number of fused-ring (bicyclic) bond motifs is 1. The summed E-state index contributed by atoms with van der Waals surface area (Å²) >= 11 is 6.87. The second-order valence-electron chi connectivity index (χ2n) is 7.57. The minimum absolute atomic E-state index is 0.124. The predicted molar refractivity (Wildman–Crippen MR) is 139 cm³/mol. The molecule has 3 heterocycles. The number of amides is 2. The molecule has 0 aliphatic heterocycles. The van der Waals surface area contributed by atoms with Gasteiger partial charge in [-0.05, 0) is 36.4 Å². The number of hydrogen-bond donors (Lipinski definition) is 4. The first kappa shape index (κ1) is 24.2. The first-order chi connectivity index (χ1) is 17.9. The van der Waals surface area contributed by atoms with Gasteiger partial charge in [0.2, 0.25) is 5.95 Å². The van der Waals surface area contributed by atoms with E-state index in [-0.39, 0.29) is 16.5 Å². The summed E-state index contributed by atoms with van der Waals surface area (Å²) in [6, 6.07) is 13.5. The Labute approximate surface area is 217 Å². The number of aromatic amines is 1. The molecule has 5 rings (SSSR count). The molecule has 0 saturated heterocycles. The number of carbonyl (C=O) groups is 2. The molecule has 4 N–H and O–H groups in total. The normalized spacial score (nSPS) is 10.8. The number of nitrogens with zero attached hydrogens (tertiary/aromatic N) is 3. The van der Waals surface area contributed by atoms with Crippen LogP contribution < -0.4 is 20.7 Å². The van der Waals surface area contributed by atoms with Crippen molar-refractivity contribution in [3.05, 3.63) is 81.8 Å². The smallest absolute Gasteiger partial charge is 0.269 e. The van der Waals surface area contributed by atoms with E-state index >= 15 is 0 Å². The number of imidazole rings is 1. The quantitative estimate of drug-likeness (QED) is 0.220. The Morgan fingerprint density at radius 2 is 1.89 bits per heavy atom. The number of halogens is 2. The van der Waals surface area contributed by atoms with Gasteiger partial charge in [0.15, 0.2) is 0 Å². The highest BCUT2D eigenvalue weighted by molar-refractivity contribution is 7.12. The number of pyridine rings is 1. The van der Waals surface area contributed by atoms with Gasteiger partial charge in [-0.1, -0.05) is 22.9 Å². The van der Waals surface area contributed by atoms with Crippen molar-refractivity contribution in [2.24, 2.45) is 0 Å². The number of anilines is 3. The number of hydrogen-bond acceptors (Lipinski definition) is 8. The average Bonchev–Trinajstić information content (AvgIpc) is 3.51. The van der Waals surface area contributed by atoms with Crippen LogP contribution in [0.2, 0.25) is 5.02 Å². The number of rotatable bonds is 7. The van der Waals surface area contributed by atoms with Gasteiger partial charge in [0.25, 0.3) is 17.1 Å². The van der Waals surface area contributed by atoms with E-state index in [9.17, 15) is 14.0 Å². The number of H-pyrrole nitrogens is 1. The fourth-order valence-electron chi connectivity index (χ4n) is 3.35. The maximum atomic E-state index is 13.1. The molecule has 10 nitrogen and oxygen atoms in total. The van der Waals surface area contributed by atoms with E-state index in [0.717, 1.165) is 11.7 Å². The Hall–Kier alpha value is -4.55. The highest BCUT2D eigenvalue weighted by atomic mass is 35.5. The number of ether oxygens (including phenoxy) is 1. The zero-order valence-corrected chi connectivity index (χ0v) is 20.6. The number of nitrogens with one attached hydrogen (secondary N) is 4. The standard InChI is InChI=1S/C24H17ClFN7O3S/c1-27-21(34)19-10-14(6-7-28-19)36-13-3-5-16-18(9-13)33-24(32-16)30-12-2-4-15(25)17(8-12)31-22(35)20-11-29-23(26)37-20/h2-11H,1H3,(H,27,34)(H,31,35)(H2,30,32,33). The lowest BCUT2D eigenvalue weighted by Gasteiger charge is -2.09. The summed E-state index contributed by atoms with van der Waals surface area (Å²) in [5, 5.41) is 7.93. The molecule has 0 radical (unpaired) electrons. The summed E-state index contributed by atoms with van der Waals surface area (Å²) in [6.45, 7) is 0. The molecule has 2 aromatic carbocycles. The van der Waals surface area contributed by atoms with Crippen molar-refractivity contribution in [3.63, 3.8) is 0 Å². The van der Waals surface area contributed by atoms with E-state index in [1.807, 2.05) is 6.07 Å². The van der Waals surface area contributed by atoms with Gasteiger partial charge in [-0.2, -0.15) is 4.39 Å². The molecule has 5 aromatic rings. The van der Waals surface area contributed by atoms with Crippen LogP contribution in [0.3, 0.4) is 0 Å². The van der Waals surface area contributed by atoms with E-state index in [2.05, 4.69) is 35.9 Å². The van der Waals surface area contributed by atoms with Crippen molar-refractivity contribution in [1.82, 2.24) is 25.3 Å². The highest BCUT2D eigenvalue weighted by Gasteiger charge is 2.14. The molecule has 37 heavy (non-hydrogen) atoms. The van der Waals surface area contributed by atoms with Crippen LogP contribution in [0.1, 0.15) is 20.2 Å².